The van der Waals surface area contributed by atoms with E-state index in [1.54, 1.807) is 0 Å². The summed E-state index contributed by atoms with van der Waals surface area (Å²) in [7, 11) is 0. The molecular formula is C23H23BrN2O2. The van der Waals surface area contributed by atoms with Gasteiger partial charge in [0.25, 0.3) is 5.91 Å². The zero-order valence-corrected chi connectivity index (χ0v) is 17.5. The maximum Gasteiger partial charge on any atom is 0.262 e. The molecule has 0 aliphatic carbocycles. The van der Waals surface area contributed by atoms with Gasteiger partial charge in [0.2, 0.25) is 0 Å². The van der Waals surface area contributed by atoms with Crippen molar-refractivity contribution in [2.24, 2.45) is 0 Å². The summed E-state index contributed by atoms with van der Waals surface area (Å²) in [5.74, 6) is 0.445. The molecule has 3 aromatic carbocycles. The van der Waals surface area contributed by atoms with Gasteiger partial charge < -0.3 is 15.4 Å². The number of hydrogen-bond acceptors (Lipinski definition) is 3. The number of rotatable bonds is 7. The van der Waals surface area contributed by atoms with Gasteiger partial charge in [0.1, 0.15) is 5.75 Å². The van der Waals surface area contributed by atoms with Crippen LogP contribution in [0.1, 0.15) is 16.7 Å². The molecule has 5 heteroatoms. The zero-order valence-electron chi connectivity index (χ0n) is 16.0. The topological polar surface area (TPSA) is 50.4 Å². The largest absolute Gasteiger partial charge is 0.483 e. The van der Waals surface area contributed by atoms with Crippen LogP contribution in [0.3, 0.4) is 0 Å². The van der Waals surface area contributed by atoms with Crippen LogP contribution in [0, 0.1) is 13.8 Å². The summed E-state index contributed by atoms with van der Waals surface area (Å²) in [6.07, 6.45) is 0. The molecule has 1 amide bonds. The van der Waals surface area contributed by atoms with Gasteiger partial charge in [-0.1, -0.05) is 35.9 Å². The lowest BCUT2D eigenvalue weighted by molar-refractivity contribution is -0.118. The van der Waals surface area contributed by atoms with Crippen LogP contribution in [0.2, 0.25) is 0 Å². The summed E-state index contributed by atoms with van der Waals surface area (Å²) >= 11 is 3.52. The second kappa shape index (κ2) is 9.42. The third-order valence-corrected chi connectivity index (χ3v) is 4.82. The van der Waals surface area contributed by atoms with E-state index in [0.717, 1.165) is 27.0 Å². The van der Waals surface area contributed by atoms with Crippen molar-refractivity contribution in [3.05, 3.63) is 87.9 Å². The van der Waals surface area contributed by atoms with Crippen LogP contribution in [0.4, 0.5) is 11.4 Å². The van der Waals surface area contributed by atoms with Crippen LogP contribution in [0.5, 0.6) is 5.75 Å². The molecule has 28 heavy (non-hydrogen) atoms. The Kier molecular flexibility index (Phi) is 6.71. The molecule has 3 aromatic rings. The van der Waals surface area contributed by atoms with E-state index in [4.69, 9.17) is 4.74 Å². The van der Waals surface area contributed by atoms with Crippen molar-refractivity contribution in [2.75, 3.05) is 17.2 Å². The first-order chi connectivity index (χ1) is 13.5. The number of hydrogen-bond donors (Lipinski definition) is 2. The minimum Gasteiger partial charge on any atom is -0.483 e. The normalized spacial score (nSPS) is 10.4. The molecule has 0 spiro atoms. The average molecular weight is 439 g/mol. The maximum atomic E-state index is 12.1. The first-order valence-corrected chi connectivity index (χ1v) is 9.87. The van der Waals surface area contributed by atoms with E-state index in [1.807, 2.05) is 49.4 Å². The van der Waals surface area contributed by atoms with E-state index in [9.17, 15) is 4.79 Å². The van der Waals surface area contributed by atoms with E-state index < -0.39 is 0 Å². The first kappa shape index (κ1) is 20.0. The fourth-order valence-electron chi connectivity index (χ4n) is 2.71. The number of amides is 1. The smallest absolute Gasteiger partial charge is 0.262 e. The standard InChI is InChI=1S/C23H23BrN2O2/c1-16-6-9-19(10-7-16)25-14-18-8-11-22(21(24)13-18)28-15-23(27)26-20-5-3-4-17(2)12-20/h3-13,25H,14-15H2,1-2H3,(H,26,27). The van der Waals surface area contributed by atoms with E-state index in [-0.39, 0.29) is 12.5 Å². The Labute approximate surface area is 174 Å². The Hall–Kier alpha value is -2.79. The number of ether oxygens (including phenoxy) is 1. The van der Waals surface area contributed by atoms with Gasteiger partial charge in [-0.2, -0.15) is 0 Å². The molecule has 0 fully saturated rings. The molecular weight excluding hydrogens is 416 g/mol. The summed E-state index contributed by atoms with van der Waals surface area (Å²) in [5, 5.41) is 6.23. The van der Waals surface area contributed by atoms with Crippen LogP contribution in [-0.4, -0.2) is 12.5 Å². The average Bonchev–Trinajstić information content (AvgIpc) is 2.67. The molecule has 144 valence electrons. The lowest BCUT2D eigenvalue weighted by atomic mass is 10.2. The predicted octanol–water partition coefficient (Wildman–Crippen LogP) is 5.70. The van der Waals surface area contributed by atoms with Gasteiger partial charge >= 0.3 is 0 Å². The molecule has 0 unspecified atom stereocenters. The van der Waals surface area contributed by atoms with E-state index in [2.05, 4.69) is 57.8 Å². The molecule has 0 aliphatic rings. The Morgan fingerprint density at radius 1 is 0.929 bits per heavy atom. The number of aryl methyl sites for hydroxylation is 2. The number of nitrogens with one attached hydrogen (secondary N) is 2. The zero-order chi connectivity index (χ0) is 19.9. The maximum absolute atomic E-state index is 12.1. The van der Waals surface area contributed by atoms with Crippen LogP contribution in [-0.2, 0) is 11.3 Å². The predicted molar refractivity (Wildman–Crippen MR) is 118 cm³/mol. The molecule has 0 atom stereocenters. The molecule has 2 N–H and O–H groups in total. The second-order valence-electron chi connectivity index (χ2n) is 6.69. The van der Waals surface area contributed by atoms with Crippen LogP contribution >= 0.6 is 15.9 Å². The monoisotopic (exact) mass is 438 g/mol. The van der Waals surface area contributed by atoms with Crippen molar-refractivity contribution in [3.8, 4) is 5.75 Å². The van der Waals surface area contributed by atoms with E-state index in [1.165, 1.54) is 5.56 Å². The van der Waals surface area contributed by atoms with Gasteiger partial charge in [-0.15, -0.1) is 0 Å². The fraction of sp³-hybridized carbons (Fsp3) is 0.174. The SMILES string of the molecule is Cc1ccc(NCc2ccc(OCC(=O)Nc3cccc(C)c3)c(Br)c2)cc1. The van der Waals surface area contributed by atoms with Gasteiger partial charge in [0, 0.05) is 17.9 Å². The minimum absolute atomic E-state index is 0.0481. The number of carbonyl (C=O) groups is 1. The van der Waals surface area contributed by atoms with Gasteiger partial charge in [-0.25, -0.2) is 0 Å². The second-order valence-corrected chi connectivity index (χ2v) is 7.55. The molecule has 3 rings (SSSR count). The molecule has 4 nitrogen and oxygen atoms in total. The molecule has 0 saturated heterocycles. The van der Waals surface area contributed by atoms with Crippen molar-refractivity contribution in [1.29, 1.82) is 0 Å². The molecule has 0 radical (unpaired) electrons. The summed E-state index contributed by atoms with van der Waals surface area (Å²) in [6.45, 7) is 4.71. The van der Waals surface area contributed by atoms with Crippen LogP contribution in [0.25, 0.3) is 0 Å². The van der Waals surface area contributed by atoms with Crippen molar-refractivity contribution in [1.82, 2.24) is 0 Å². The van der Waals surface area contributed by atoms with Gasteiger partial charge in [-0.3, -0.25) is 4.79 Å². The number of anilines is 2. The fourth-order valence-corrected chi connectivity index (χ4v) is 3.25. The molecule has 0 aromatic heterocycles. The molecule has 0 saturated carbocycles. The van der Waals surface area contributed by atoms with Gasteiger partial charge in [0.15, 0.2) is 6.61 Å². The lowest BCUT2D eigenvalue weighted by Gasteiger charge is -2.11. The quantitative estimate of drug-likeness (QED) is 0.497. The summed E-state index contributed by atoms with van der Waals surface area (Å²) < 4.78 is 6.47. The van der Waals surface area contributed by atoms with Crippen LogP contribution in [0.15, 0.2) is 71.2 Å². The highest BCUT2D eigenvalue weighted by Crippen LogP contribution is 2.26. The highest BCUT2D eigenvalue weighted by Gasteiger charge is 2.07. The Morgan fingerprint density at radius 2 is 1.71 bits per heavy atom. The lowest BCUT2D eigenvalue weighted by Crippen LogP contribution is -2.20. The number of halogens is 1. The molecule has 0 aliphatic heterocycles. The molecule has 0 bridgehead atoms. The minimum atomic E-state index is -0.192. The van der Waals surface area contributed by atoms with Crippen molar-refractivity contribution in [3.63, 3.8) is 0 Å². The summed E-state index contributed by atoms with van der Waals surface area (Å²) in [6, 6.07) is 21.8. The molecule has 0 heterocycles. The highest BCUT2D eigenvalue weighted by molar-refractivity contribution is 9.10. The Morgan fingerprint density at radius 3 is 2.43 bits per heavy atom. The van der Waals surface area contributed by atoms with E-state index >= 15 is 0 Å². The van der Waals surface area contributed by atoms with Crippen molar-refractivity contribution in [2.45, 2.75) is 20.4 Å². The van der Waals surface area contributed by atoms with Crippen molar-refractivity contribution >= 4 is 33.2 Å². The highest BCUT2D eigenvalue weighted by atomic mass is 79.9. The summed E-state index contributed by atoms with van der Waals surface area (Å²) in [4.78, 5) is 12.1. The number of carbonyl (C=O) groups excluding carboxylic acids is 1. The third-order valence-electron chi connectivity index (χ3n) is 4.21. The first-order valence-electron chi connectivity index (χ1n) is 9.08. The summed E-state index contributed by atoms with van der Waals surface area (Å²) in [5.41, 5.74) is 5.29. The Bertz CT molecular complexity index is 955. The van der Waals surface area contributed by atoms with Crippen LogP contribution < -0.4 is 15.4 Å². The van der Waals surface area contributed by atoms with E-state index in [0.29, 0.717) is 12.3 Å². The van der Waals surface area contributed by atoms with Crippen molar-refractivity contribution < 1.29 is 9.53 Å². The van der Waals surface area contributed by atoms with Gasteiger partial charge in [-0.05, 0) is 77.3 Å². The third kappa shape index (κ3) is 5.86. The number of benzene rings is 3. The van der Waals surface area contributed by atoms with Gasteiger partial charge in [0.05, 0.1) is 4.47 Å². The Balaban J connectivity index is 1.52.